The summed E-state index contributed by atoms with van der Waals surface area (Å²) in [4.78, 5) is 33.1. The Hall–Kier alpha value is -2.71. The van der Waals surface area contributed by atoms with Crippen molar-refractivity contribution in [1.29, 1.82) is 0 Å². The number of aromatic nitrogens is 1. The standard InChI is InChI=1S/C23H22BrN3O3S/c1-4-19-23(29)27(12-21(28)26-17-8-6-16(24)7-9-17)18-11-15(5-10-20(18)30-19)22-13(2)31-14(3)25-22/h5-11,19H,4,12H2,1-3H3,(H,26,28). The van der Waals surface area contributed by atoms with E-state index in [9.17, 15) is 9.59 Å². The quantitative estimate of drug-likeness (QED) is 0.514. The Bertz CT molecular complexity index is 1140. The number of nitrogens with zero attached hydrogens (tertiary/aromatic N) is 2. The number of ether oxygens (including phenoxy) is 1. The maximum absolute atomic E-state index is 13.1. The van der Waals surface area contributed by atoms with E-state index in [0.29, 0.717) is 23.5 Å². The highest BCUT2D eigenvalue weighted by Gasteiger charge is 2.35. The molecule has 160 valence electrons. The third-order valence-corrected chi connectivity index (χ3v) is 6.45. The van der Waals surface area contributed by atoms with Crippen LogP contribution < -0.4 is 15.0 Å². The summed E-state index contributed by atoms with van der Waals surface area (Å²) < 4.78 is 6.84. The number of rotatable bonds is 5. The first-order valence-corrected chi connectivity index (χ1v) is 11.6. The molecule has 0 bridgehead atoms. The van der Waals surface area contributed by atoms with Gasteiger partial charge in [-0.2, -0.15) is 0 Å². The van der Waals surface area contributed by atoms with E-state index >= 15 is 0 Å². The SMILES string of the molecule is CCC1Oc2ccc(-c3nc(C)sc3C)cc2N(CC(=O)Nc2ccc(Br)cc2)C1=O. The van der Waals surface area contributed by atoms with Gasteiger partial charge in [0.25, 0.3) is 5.91 Å². The molecule has 0 spiro atoms. The fourth-order valence-corrected chi connectivity index (χ4v) is 4.67. The first kappa shape index (κ1) is 21.5. The van der Waals surface area contributed by atoms with E-state index in [4.69, 9.17) is 4.74 Å². The van der Waals surface area contributed by atoms with Crippen molar-refractivity contribution in [3.63, 3.8) is 0 Å². The summed E-state index contributed by atoms with van der Waals surface area (Å²) in [5.41, 5.74) is 3.03. The summed E-state index contributed by atoms with van der Waals surface area (Å²) in [6.45, 7) is 5.79. The van der Waals surface area contributed by atoms with Crippen molar-refractivity contribution >= 4 is 50.5 Å². The summed E-state index contributed by atoms with van der Waals surface area (Å²) in [5, 5.41) is 3.84. The van der Waals surface area contributed by atoms with E-state index in [1.165, 1.54) is 4.90 Å². The maximum atomic E-state index is 13.1. The number of benzene rings is 2. The van der Waals surface area contributed by atoms with Crippen molar-refractivity contribution in [2.24, 2.45) is 0 Å². The van der Waals surface area contributed by atoms with Gasteiger partial charge in [-0.05, 0) is 62.7 Å². The molecule has 0 fully saturated rings. The van der Waals surface area contributed by atoms with Crippen LogP contribution in [0.3, 0.4) is 0 Å². The lowest BCUT2D eigenvalue weighted by atomic mass is 10.1. The summed E-state index contributed by atoms with van der Waals surface area (Å²) in [6.07, 6.45) is -0.0861. The second-order valence-corrected chi connectivity index (χ2v) is 9.64. The minimum absolute atomic E-state index is 0.0969. The first-order chi connectivity index (χ1) is 14.9. The number of hydrogen-bond donors (Lipinski definition) is 1. The zero-order valence-electron chi connectivity index (χ0n) is 17.4. The largest absolute Gasteiger partial charge is 0.478 e. The van der Waals surface area contributed by atoms with Gasteiger partial charge in [-0.15, -0.1) is 11.3 Å². The number of anilines is 2. The summed E-state index contributed by atoms with van der Waals surface area (Å²) in [5.74, 6) is 0.102. The molecular weight excluding hydrogens is 478 g/mol. The van der Waals surface area contributed by atoms with E-state index in [2.05, 4.69) is 26.2 Å². The van der Waals surface area contributed by atoms with Crippen LogP contribution in [0.25, 0.3) is 11.3 Å². The first-order valence-electron chi connectivity index (χ1n) is 9.97. The molecule has 0 saturated heterocycles. The average molecular weight is 500 g/mol. The number of fused-ring (bicyclic) bond motifs is 1. The van der Waals surface area contributed by atoms with Gasteiger partial charge in [0, 0.05) is 20.6 Å². The van der Waals surface area contributed by atoms with Crippen LogP contribution in [0.1, 0.15) is 23.2 Å². The Morgan fingerprint density at radius 2 is 1.97 bits per heavy atom. The van der Waals surface area contributed by atoms with Crippen molar-refractivity contribution in [3.05, 3.63) is 56.8 Å². The van der Waals surface area contributed by atoms with E-state index < -0.39 is 6.10 Å². The zero-order chi connectivity index (χ0) is 22.1. The molecule has 1 N–H and O–H groups in total. The predicted molar refractivity (Wildman–Crippen MR) is 127 cm³/mol. The lowest BCUT2D eigenvalue weighted by molar-refractivity contribution is -0.128. The number of thiazole rings is 1. The van der Waals surface area contributed by atoms with E-state index in [0.717, 1.165) is 25.6 Å². The number of nitrogens with one attached hydrogen (secondary N) is 1. The van der Waals surface area contributed by atoms with Gasteiger partial charge in [0.05, 0.1) is 16.4 Å². The fourth-order valence-electron chi connectivity index (χ4n) is 3.57. The van der Waals surface area contributed by atoms with Gasteiger partial charge in [0.15, 0.2) is 6.10 Å². The van der Waals surface area contributed by atoms with Gasteiger partial charge in [-0.3, -0.25) is 14.5 Å². The van der Waals surface area contributed by atoms with Crippen molar-refractivity contribution in [1.82, 2.24) is 4.98 Å². The molecule has 31 heavy (non-hydrogen) atoms. The molecular formula is C23H22BrN3O3S. The third kappa shape index (κ3) is 4.50. The Morgan fingerprint density at radius 3 is 2.61 bits per heavy atom. The summed E-state index contributed by atoms with van der Waals surface area (Å²) in [7, 11) is 0. The highest BCUT2D eigenvalue weighted by atomic mass is 79.9. The summed E-state index contributed by atoms with van der Waals surface area (Å²) in [6, 6.07) is 13.0. The van der Waals surface area contributed by atoms with Crippen molar-refractivity contribution in [2.45, 2.75) is 33.3 Å². The minimum atomic E-state index is -0.609. The highest BCUT2D eigenvalue weighted by Crippen LogP contribution is 2.39. The number of carbonyl (C=O) groups is 2. The third-order valence-electron chi connectivity index (χ3n) is 5.04. The second kappa shape index (κ2) is 8.80. The number of carbonyl (C=O) groups excluding carboxylic acids is 2. The van der Waals surface area contributed by atoms with Gasteiger partial charge >= 0.3 is 0 Å². The molecule has 6 nitrogen and oxygen atoms in total. The van der Waals surface area contributed by atoms with E-state index in [1.807, 2.05) is 51.1 Å². The molecule has 0 aliphatic carbocycles. The molecule has 4 rings (SSSR count). The molecule has 2 amide bonds. The molecule has 3 aromatic rings. The second-order valence-electron chi connectivity index (χ2n) is 7.31. The van der Waals surface area contributed by atoms with Crippen LogP contribution >= 0.6 is 27.3 Å². The van der Waals surface area contributed by atoms with Crippen LogP contribution in [-0.4, -0.2) is 29.4 Å². The zero-order valence-corrected chi connectivity index (χ0v) is 19.8. The topological polar surface area (TPSA) is 71.5 Å². The monoisotopic (exact) mass is 499 g/mol. The minimum Gasteiger partial charge on any atom is -0.478 e. The van der Waals surface area contributed by atoms with Gasteiger partial charge in [-0.1, -0.05) is 22.9 Å². The molecule has 2 aromatic carbocycles. The predicted octanol–water partition coefficient (Wildman–Crippen LogP) is 5.33. The lowest BCUT2D eigenvalue weighted by Gasteiger charge is -2.34. The average Bonchev–Trinajstić information content (AvgIpc) is 3.09. The van der Waals surface area contributed by atoms with Crippen molar-refractivity contribution in [2.75, 3.05) is 16.8 Å². The van der Waals surface area contributed by atoms with Gasteiger partial charge in [0.2, 0.25) is 5.91 Å². The van der Waals surface area contributed by atoms with Gasteiger partial charge in [-0.25, -0.2) is 4.98 Å². The number of aryl methyl sites for hydroxylation is 2. The molecule has 1 aliphatic rings. The Balaban J connectivity index is 1.65. The molecule has 2 heterocycles. The van der Waals surface area contributed by atoms with E-state index in [-0.39, 0.29) is 18.4 Å². The molecule has 0 saturated carbocycles. The lowest BCUT2D eigenvalue weighted by Crippen LogP contribution is -2.48. The number of hydrogen-bond acceptors (Lipinski definition) is 5. The number of halogens is 1. The molecule has 8 heteroatoms. The van der Waals surface area contributed by atoms with E-state index in [1.54, 1.807) is 23.5 Å². The Labute approximate surface area is 193 Å². The van der Waals surface area contributed by atoms with Crippen LogP contribution in [0.5, 0.6) is 5.75 Å². The molecule has 0 radical (unpaired) electrons. The maximum Gasteiger partial charge on any atom is 0.268 e. The smallest absolute Gasteiger partial charge is 0.268 e. The highest BCUT2D eigenvalue weighted by molar-refractivity contribution is 9.10. The van der Waals surface area contributed by atoms with Crippen molar-refractivity contribution in [3.8, 4) is 17.0 Å². The molecule has 1 aromatic heterocycles. The number of amides is 2. The Kier molecular flexibility index (Phi) is 6.11. The molecule has 1 unspecified atom stereocenters. The van der Waals surface area contributed by atoms with Crippen LogP contribution in [0, 0.1) is 13.8 Å². The van der Waals surface area contributed by atoms with Crippen LogP contribution in [0.2, 0.25) is 0 Å². The van der Waals surface area contributed by atoms with Gasteiger partial charge in [0.1, 0.15) is 12.3 Å². The van der Waals surface area contributed by atoms with Gasteiger partial charge < -0.3 is 10.1 Å². The van der Waals surface area contributed by atoms with Crippen LogP contribution in [0.4, 0.5) is 11.4 Å². The van der Waals surface area contributed by atoms with Crippen LogP contribution in [-0.2, 0) is 9.59 Å². The molecule has 1 aliphatic heterocycles. The summed E-state index contributed by atoms with van der Waals surface area (Å²) >= 11 is 5.01. The fraction of sp³-hybridized carbons (Fsp3) is 0.261. The van der Waals surface area contributed by atoms with Crippen molar-refractivity contribution < 1.29 is 14.3 Å². The molecule has 1 atom stereocenters. The normalized spacial score (nSPS) is 15.4. The van der Waals surface area contributed by atoms with Crippen LogP contribution in [0.15, 0.2) is 46.9 Å². The Morgan fingerprint density at radius 1 is 1.23 bits per heavy atom.